The van der Waals surface area contributed by atoms with Gasteiger partial charge in [-0.3, -0.25) is 14.6 Å². The molecule has 0 aliphatic carbocycles. The number of carbonyl (C=O) groups is 2. The van der Waals surface area contributed by atoms with Gasteiger partial charge in [-0.05, 0) is 42.2 Å². The van der Waals surface area contributed by atoms with E-state index in [2.05, 4.69) is 26.0 Å². The largest absolute Gasteiger partial charge is 0.289 e. The Morgan fingerprint density at radius 1 is 0.667 bits per heavy atom. The molecule has 0 atom stereocenters. The lowest BCUT2D eigenvalue weighted by Crippen LogP contribution is -2.23. The Labute approximate surface area is 209 Å². The van der Waals surface area contributed by atoms with Gasteiger partial charge in [0.15, 0.2) is 0 Å². The summed E-state index contributed by atoms with van der Waals surface area (Å²) in [6.45, 7) is 3.63. The van der Waals surface area contributed by atoms with E-state index in [1.807, 2.05) is 105 Å². The number of carbonyl (C=O) groups excluding carboxylic acids is 2. The highest BCUT2D eigenvalue weighted by molar-refractivity contribution is 6.05. The maximum Gasteiger partial charge on any atom is 0.289 e. The van der Waals surface area contributed by atoms with Gasteiger partial charge in [0.05, 0.1) is 17.0 Å². The molecule has 0 aliphatic rings. The lowest BCUT2D eigenvalue weighted by Gasteiger charge is -2.11. The summed E-state index contributed by atoms with van der Waals surface area (Å²) < 4.78 is 0. The molecule has 7 nitrogen and oxygen atoms in total. The molecule has 7 heteroatoms. The number of hydrazone groups is 2. The molecule has 0 saturated heterocycles. The van der Waals surface area contributed by atoms with Crippen molar-refractivity contribution in [2.24, 2.45) is 10.2 Å². The third-order valence-corrected chi connectivity index (χ3v) is 5.50. The van der Waals surface area contributed by atoms with Crippen LogP contribution in [0.2, 0.25) is 0 Å². The van der Waals surface area contributed by atoms with Crippen molar-refractivity contribution in [1.82, 2.24) is 15.8 Å². The lowest BCUT2D eigenvalue weighted by atomic mass is 10.00. The summed E-state index contributed by atoms with van der Waals surface area (Å²) in [5, 5.41) is 8.42. The molecule has 178 valence electrons. The second-order valence-corrected chi connectivity index (χ2v) is 7.99. The summed E-state index contributed by atoms with van der Waals surface area (Å²) in [4.78, 5) is 30.1. The topological polar surface area (TPSA) is 95.8 Å². The van der Waals surface area contributed by atoms with Crippen LogP contribution in [-0.2, 0) is 0 Å². The van der Waals surface area contributed by atoms with Gasteiger partial charge in [-0.2, -0.15) is 10.2 Å². The molecule has 0 aliphatic heterocycles. The van der Waals surface area contributed by atoms with Crippen LogP contribution in [0.3, 0.4) is 0 Å². The second kappa shape index (κ2) is 11.5. The fourth-order valence-electron chi connectivity index (χ4n) is 3.49. The predicted molar refractivity (Wildman–Crippen MR) is 142 cm³/mol. The monoisotopic (exact) mass is 475 g/mol. The quantitative estimate of drug-likeness (QED) is 0.289. The smallest absolute Gasteiger partial charge is 0.267 e. The van der Waals surface area contributed by atoms with E-state index in [1.54, 1.807) is 6.07 Å². The summed E-state index contributed by atoms with van der Waals surface area (Å²) in [7, 11) is 0. The van der Waals surface area contributed by atoms with E-state index in [0.29, 0.717) is 22.6 Å². The van der Waals surface area contributed by atoms with E-state index in [9.17, 15) is 9.59 Å². The first kappa shape index (κ1) is 24.2. The summed E-state index contributed by atoms with van der Waals surface area (Å²) in [5.74, 6) is -0.908. The summed E-state index contributed by atoms with van der Waals surface area (Å²) in [6.07, 6.45) is 1.38. The van der Waals surface area contributed by atoms with Gasteiger partial charge in [-0.25, -0.2) is 10.9 Å². The number of amides is 2. The van der Waals surface area contributed by atoms with Crippen LogP contribution < -0.4 is 10.9 Å². The lowest BCUT2D eigenvalue weighted by molar-refractivity contribution is 0.0939. The predicted octanol–water partition coefficient (Wildman–Crippen LogP) is 5.06. The van der Waals surface area contributed by atoms with Crippen molar-refractivity contribution in [3.8, 4) is 11.1 Å². The fraction of sp³-hybridized carbons (Fsp3) is 0.0690. The van der Waals surface area contributed by atoms with Crippen molar-refractivity contribution in [2.75, 3.05) is 0 Å². The van der Waals surface area contributed by atoms with Crippen LogP contribution in [0.15, 0.2) is 113 Å². The molecule has 0 saturated carbocycles. The first-order chi connectivity index (χ1) is 17.5. The van der Waals surface area contributed by atoms with E-state index < -0.39 is 11.8 Å². The van der Waals surface area contributed by atoms with E-state index in [-0.39, 0.29) is 5.69 Å². The third-order valence-electron chi connectivity index (χ3n) is 5.50. The molecular formula is C29H25N5O2. The Balaban J connectivity index is 1.59. The summed E-state index contributed by atoms with van der Waals surface area (Å²) in [5.41, 5.74) is 10.0. The van der Waals surface area contributed by atoms with Crippen LogP contribution in [0, 0.1) is 0 Å². The van der Waals surface area contributed by atoms with Gasteiger partial charge in [-0.15, -0.1) is 0 Å². The van der Waals surface area contributed by atoms with Crippen LogP contribution in [0.1, 0.15) is 45.8 Å². The summed E-state index contributed by atoms with van der Waals surface area (Å²) in [6, 6.07) is 30.0. The molecule has 2 N–H and O–H groups in total. The molecule has 0 fully saturated rings. The van der Waals surface area contributed by atoms with Crippen LogP contribution in [0.5, 0.6) is 0 Å². The number of benzene rings is 3. The molecule has 2 amide bonds. The zero-order valence-electron chi connectivity index (χ0n) is 20.0. The minimum absolute atomic E-state index is 0.138. The number of hydrogen-bond donors (Lipinski definition) is 2. The molecular weight excluding hydrogens is 450 g/mol. The first-order valence-corrected chi connectivity index (χ1v) is 11.4. The average molecular weight is 476 g/mol. The highest BCUT2D eigenvalue weighted by Gasteiger charge is 2.17. The van der Waals surface area contributed by atoms with Crippen molar-refractivity contribution in [2.45, 2.75) is 13.8 Å². The molecule has 0 spiro atoms. The molecule has 36 heavy (non-hydrogen) atoms. The van der Waals surface area contributed by atoms with E-state index in [4.69, 9.17) is 0 Å². The van der Waals surface area contributed by atoms with Crippen molar-refractivity contribution < 1.29 is 9.59 Å². The van der Waals surface area contributed by atoms with Crippen molar-refractivity contribution in [3.63, 3.8) is 0 Å². The Morgan fingerprint density at radius 3 is 1.67 bits per heavy atom. The van der Waals surface area contributed by atoms with Gasteiger partial charge >= 0.3 is 0 Å². The Bertz CT molecular complexity index is 1420. The molecule has 3 aromatic carbocycles. The van der Waals surface area contributed by atoms with Gasteiger partial charge in [0.2, 0.25) is 0 Å². The minimum atomic E-state index is -0.479. The van der Waals surface area contributed by atoms with Gasteiger partial charge < -0.3 is 0 Å². The molecule has 4 aromatic rings. The second-order valence-electron chi connectivity index (χ2n) is 7.99. The maximum absolute atomic E-state index is 13.0. The molecule has 0 unspecified atom stereocenters. The first-order valence-electron chi connectivity index (χ1n) is 11.4. The summed E-state index contributed by atoms with van der Waals surface area (Å²) >= 11 is 0. The van der Waals surface area contributed by atoms with E-state index in [1.165, 1.54) is 6.20 Å². The number of aromatic nitrogens is 1. The van der Waals surface area contributed by atoms with Crippen LogP contribution in [0.25, 0.3) is 11.1 Å². The van der Waals surface area contributed by atoms with E-state index in [0.717, 1.165) is 16.7 Å². The number of hydrogen-bond acceptors (Lipinski definition) is 5. The zero-order chi connectivity index (χ0) is 25.3. The molecule has 0 radical (unpaired) electrons. The fourth-order valence-corrected chi connectivity index (χ4v) is 3.49. The zero-order valence-corrected chi connectivity index (χ0v) is 20.0. The van der Waals surface area contributed by atoms with Crippen LogP contribution in [0.4, 0.5) is 0 Å². The SMILES string of the molecule is C/C(=N/NC(=O)c1cc(-c2ccccc2)c(C(=O)N/N=C(/C)c2ccccc2)cn1)c1ccccc1. The molecule has 4 rings (SSSR count). The maximum atomic E-state index is 13.0. The third kappa shape index (κ3) is 5.95. The number of nitrogens with one attached hydrogen (secondary N) is 2. The highest BCUT2D eigenvalue weighted by atomic mass is 16.2. The number of pyridine rings is 1. The van der Waals surface area contributed by atoms with Gasteiger partial charge in [-0.1, -0.05) is 91.0 Å². The Hall–Kier alpha value is -4.91. The molecule has 1 heterocycles. The highest BCUT2D eigenvalue weighted by Crippen LogP contribution is 2.24. The Kier molecular flexibility index (Phi) is 7.73. The normalized spacial score (nSPS) is 11.6. The number of rotatable bonds is 7. The van der Waals surface area contributed by atoms with Crippen LogP contribution >= 0.6 is 0 Å². The average Bonchev–Trinajstić information content (AvgIpc) is 2.95. The van der Waals surface area contributed by atoms with E-state index >= 15 is 0 Å². The Morgan fingerprint density at radius 2 is 1.14 bits per heavy atom. The standard InChI is InChI=1S/C29H25N5O2/c1-20(22-12-6-3-7-13-22)31-33-28(35)26-19-30-27(18-25(26)24-16-10-5-11-17-24)29(36)34-32-21(2)23-14-8-4-9-15-23/h3-19H,1-2H3,(H,33,35)(H,34,36)/b31-20-,32-21-. The van der Waals surface area contributed by atoms with Crippen molar-refractivity contribution in [1.29, 1.82) is 0 Å². The van der Waals surface area contributed by atoms with Crippen molar-refractivity contribution in [3.05, 3.63) is 126 Å². The van der Waals surface area contributed by atoms with Crippen LogP contribution in [-0.4, -0.2) is 28.2 Å². The van der Waals surface area contributed by atoms with Gasteiger partial charge in [0.1, 0.15) is 5.69 Å². The molecule has 0 bridgehead atoms. The number of nitrogens with zero attached hydrogens (tertiary/aromatic N) is 3. The minimum Gasteiger partial charge on any atom is -0.267 e. The molecule has 1 aromatic heterocycles. The van der Waals surface area contributed by atoms with Gasteiger partial charge in [0.25, 0.3) is 11.8 Å². The van der Waals surface area contributed by atoms with Gasteiger partial charge in [0, 0.05) is 6.20 Å². The van der Waals surface area contributed by atoms with Crippen molar-refractivity contribution >= 4 is 23.2 Å².